The van der Waals surface area contributed by atoms with Gasteiger partial charge in [0.1, 0.15) is 5.75 Å². The Morgan fingerprint density at radius 1 is 1.38 bits per heavy atom. The van der Waals surface area contributed by atoms with Gasteiger partial charge in [0.25, 0.3) is 0 Å². The lowest BCUT2D eigenvalue weighted by Gasteiger charge is -2.15. The Labute approximate surface area is 161 Å². The lowest BCUT2D eigenvalue weighted by atomic mass is 10.1. The summed E-state index contributed by atoms with van der Waals surface area (Å²) in [6.45, 7) is 7.41. The normalized spacial score (nSPS) is 12.8. The number of sulfone groups is 1. The highest BCUT2D eigenvalue weighted by atomic mass is 79.9. The zero-order chi connectivity index (χ0) is 19.6. The molecule has 0 aliphatic carbocycles. The molecule has 7 nitrogen and oxygen atoms in total. The van der Waals surface area contributed by atoms with Crippen molar-refractivity contribution in [2.45, 2.75) is 39.1 Å². The van der Waals surface area contributed by atoms with Crippen LogP contribution >= 0.6 is 15.9 Å². The molecule has 0 saturated heterocycles. The van der Waals surface area contributed by atoms with Crippen molar-refractivity contribution in [1.82, 2.24) is 9.78 Å². The summed E-state index contributed by atoms with van der Waals surface area (Å²) in [7, 11) is -3.43. The van der Waals surface area contributed by atoms with Gasteiger partial charge in [-0.05, 0) is 48.0 Å². The number of halogens is 1. The third-order valence-electron chi connectivity index (χ3n) is 4.15. The van der Waals surface area contributed by atoms with Gasteiger partial charge in [0.15, 0.2) is 9.84 Å². The van der Waals surface area contributed by atoms with Crippen molar-refractivity contribution in [2.75, 3.05) is 11.1 Å². The van der Waals surface area contributed by atoms with Crippen LogP contribution in [0.2, 0.25) is 0 Å². The first kappa shape index (κ1) is 20.4. The third kappa shape index (κ3) is 4.27. The second-order valence-electron chi connectivity index (χ2n) is 6.14. The quantitative estimate of drug-likeness (QED) is 0.667. The second-order valence-corrected chi connectivity index (χ2v) is 9.21. The number of nitrogens with one attached hydrogen (secondary N) is 1. The molecule has 0 aliphatic rings. The van der Waals surface area contributed by atoms with Crippen LogP contribution in [0.3, 0.4) is 0 Å². The molecule has 1 aromatic carbocycles. The van der Waals surface area contributed by atoms with Crippen LogP contribution in [-0.4, -0.2) is 35.0 Å². The molecule has 1 heterocycles. The number of aryl methyl sites for hydroxylation is 1. The van der Waals surface area contributed by atoms with Crippen molar-refractivity contribution < 1.29 is 18.3 Å². The Kier molecular flexibility index (Phi) is 6.13. The summed E-state index contributed by atoms with van der Waals surface area (Å²) in [5, 5.41) is 16.9. The minimum atomic E-state index is -3.43. The van der Waals surface area contributed by atoms with Gasteiger partial charge in [-0.15, -0.1) is 0 Å². The highest BCUT2D eigenvalue weighted by Crippen LogP contribution is 2.28. The molecule has 0 aliphatic heterocycles. The molecule has 0 fully saturated rings. The number of phenolic OH excluding ortho intramolecular Hbond substituents is 1. The molecular formula is C17H22BrN3O4S. The van der Waals surface area contributed by atoms with Gasteiger partial charge >= 0.3 is 0 Å². The Morgan fingerprint density at radius 2 is 2.04 bits per heavy atom. The minimum absolute atomic E-state index is 0.0585. The van der Waals surface area contributed by atoms with E-state index in [0.29, 0.717) is 6.54 Å². The van der Waals surface area contributed by atoms with Crippen molar-refractivity contribution in [3.63, 3.8) is 0 Å². The lowest BCUT2D eigenvalue weighted by Crippen LogP contribution is -2.25. The minimum Gasteiger partial charge on any atom is -0.506 e. The van der Waals surface area contributed by atoms with E-state index in [9.17, 15) is 18.3 Å². The maximum Gasteiger partial charge on any atom is 0.229 e. The van der Waals surface area contributed by atoms with Gasteiger partial charge in [-0.3, -0.25) is 9.48 Å². The number of carbonyl (C=O) groups excluding carboxylic acids is 1. The van der Waals surface area contributed by atoms with E-state index in [1.165, 1.54) is 25.1 Å². The summed E-state index contributed by atoms with van der Waals surface area (Å²) in [5.41, 5.74) is 1.83. The van der Waals surface area contributed by atoms with Crippen LogP contribution in [0.15, 0.2) is 27.6 Å². The number of phenols is 1. The van der Waals surface area contributed by atoms with Crippen LogP contribution in [0.4, 0.5) is 5.69 Å². The molecule has 0 saturated carbocycles. The maximum atomic E-state index is 12.5. The van der Waals surface area contributed by atoms with Crippen molar-refractivity contribution >= 4 is 37.4 Å². The fourth-order valence-electron chi connectivity index (χ4n) is 2.43. The van der Waals surface area contributed by atoms with E-state index < -0.39 is 15.8 Å². The summed E-state index contributed by atoms with van der Waals surface area (Å²) in [4.78, 5) is 12.5. The van der Waals surface area contributed by atoms with E-state index in [-0.39, 0.29) is 28.0 Å². The average Bonchev–Trinajstić information content (AvgIpc) is 2.83. The number of aromatic hydroxyl groups is 1. The Morgan fingerprint density at radius 3 is 2.58 bits per heavy atom. The SMILES string of the molecule is CCS(=O)(=O)c1ccc(O)c(NC(=O)[C@H](C)Cn2nc(C)c(Br)c2C)c1. The van der Waals surface area contributed by atoms with Crippen LogP contribution in [0.5, 0.6) is 5.75 Å². The van der Waals surface area contributed by atoms with E-state index in [2.05, 4.69) is 26.3 Å². The fourth-order valence-corrected chi connectivity index (χ4v) is 3.62. The summed E-state index contributed by atoms with van der Waals surface area (Å²) >= 11 is 3.45. The van der Waals surface area contributed by atoms with E-state index in [1.54, 1.807) is 11.6 Å². The number of rotatable bonds is 6. The third-order valence-corrected chi connectivity index (χ3v) is 7.03. The van der Waals surface area contributed by atoms with Crippen LogP contribution in [0.25, 0.3) is 0 Å². The Bertz CT molecular complexity index is 938. The van der Waals surface area contributed by atoms with Crippen molar-refractivity contribution in [2.24, 2.45) is 5.92 Å². The van der Waals surface area contributed by atoms with Crippen LogP contribution in [0.1, 0.15) is 25.2 Å². The molecule has 26 heavy (non-hydrogen) atoms. The average molecular weight is 444 g/mol. The largest absolute Gasteiger partial charge is 0.506 e. The monoisotopic (exact) mass is 443 g/mol. The number of nitrogens with zero attached hydrogens (tertiary/aromatic N) is 2. The first-order chi connectivity index (χ1) is 12.1. The number of benzene rings is 1. The van der Waals surface area contributed by atoms with Crippen LogP contribution < -0.4 is 5.32 Å². The first-order valence-corrected chi connectivity index (χ1v) is 10.6. The van der Waals surface area contributed by atoms with Gasteiger partial charge in [-0.2, -0.15) is 5.10 Å². The second kappa shape index (κ2) is 7.79. The highest BCUT2D eigenvalue weighted by molar-refractivity contribution is 9.10. The van der Waals surface area contributed by atoms with E-state index >= 15 is 0 Å². The molecular weight excluding hydrogens is 422 g/mol. The zero-order valence-electron chi connectivity index (χ0n) is 15.1. The number of amides is 1. The van der Waals surface area contributed by atoms with E-state index in [0.717, 1.165) is 15.9 Å². The zero-order valence-corrected chi connectivity index (χ0v) is 17.5. The van der Waals surface area contributed by atoms with Gasteiger partial charge < -0.3 is 10.4 Å². The summed E-state index contributed by atoms with van der Waals surface area (Å²) in [6, 6.07) is 3.86. The molecule has 0 spiro atoms. The molecule has 142 valence electrons. The van der Waals surface area contributed by atoms with Crippen LogP contribution in [-0.2, 0) is 21.2 Å². The van der Waals surface area contributed by atoms with Gasteiger partial charge in [0.05, 0.1) is 39.0 Å². The molecule has 2 rings (SSSR count). The van der Waals surface area contributed by atoms with Crippen molar-refractivity contribution in [3.05, 3.63) is 34.1 Å². The number of anilines is 1. The molecule has 2 N–H and O–H groups in total. The predicted molar refractivity (Wildman–Crippen MR) is 103 cm³/mol. The number of aromatic nitrogens is 2. The van der Waals surface area contributed by atoms with Crippen LogP contribution in [0, 0.1) is 19.8 Å². The standard InChI is InChI=1S/C17H22BrN3O4S/c1-5-26(24,25)13-6-7-15(22)14(8-13)19-17(23)10(2)9-21-12(4)16(18)11(3)20-21/h6-8,10,22H,5,9H2,1-4H3,(H,19,23)/t10-/m1/s1. The molecule has 1 atom stereocenters. The molecule has 0 radical (unpaired) electrons. The Hall–Kier alpha value is -1.87. The van der Waals surface area contributed by atoms with Gasteiger partial charge in [-0.25, -0.2) is 8.42 Å². The van der Waals surface area contributed by atoms with E-state index in [1.807, 2.05) is 13.8 Å². The molecule has 2 aromatic rings. The molecule has 0 unspecified atom stereocenters. The number of hydrogen-bond donors (Lipinski definition) is 2. The number of carbonyl (C=O) groups is 1. The number of hydrogen-bond acceptors (Lipinski definition) is 5. The summed E-state index contributed by atoms with van der Waals surface area (Å²) < 4.78 is 26.6. The highest BCUT2D eigenvalue weighted by Gasteiger charge is 2.20. The predicted octanol–water partition coefficient (Wildman–Crippen LogP) is 3.04. The first-order valence-electron chi connectivity index (χ1n) is 8.13. The smallest absolute Gasteiger partial charge is 0.229 e. The molecule has 1 amide bonds. The molecule has 9 heteroatoms. The lowest BCUT2D eigenvalue weighted by molar-refractivity contribution is -0.119. The summed E-state index contributed by atoms with van der Waals surface area (Å²) in [6.07, 6.45) is 0. The Balaban J connectivity index is 2.18. The summed E-state index contributed by atoms with van der Waals surface area (Å²) in [5.74, 6) is -1.02. The van der Waals surface area contributed by atoms with Gasteiger partial charge in [0.2, 0.25) is 5.91 Å². The van der Waals surface area contributed by atoms with Gasteiger partial charge in [0, 0.05) is 5.69 Å². The van der Waals surface area contributed by atoms with Crippen molar-refractivity contribution in [3.8, 4) is 5.75 Å². The molecule has 0 bridgehead atoms. The molecule has 1 aromatic heterocycles. The van der Waals surface area contributed by atoms with Gasteiger partial charge in [-0.1, -0.05) is 13.8 Å². The van der Waals surface area contributed by atoms with E-state index in [4.69, 9.17) is 0 Å². The maximum absolute atomic E-state index is 12.5. The fraction of sp³-hybridized carbons (Fsp3) is 0.412. The van der Waals surface area contributed by atoms with Crippen molar-refractivity contribution in [1.29, 1.82) is 0 Å². The topological polar surface area (TPSA) is 101 Å².